The first-order valence-corrected chi connectivity index (χ1v) is 8.57. The summed E-state index contributed by atoms with van der Waals surface area (Å²) < 4.78 is 5.68. The number of hydrogen-bond acceptors (Lipinski definition) is 3. The first-order valence-electron chi connectivity index (χ1n) is 8.19. The van der Waals surface area contributed by atoms with Crippen molar-refractivity contribution in [1.29, 1.82) is 0 Å². The van der Waals surface area contributed by atoms with Crippen LogP contribution in [0.2, 0.25) is 5.02 Å². The van der Waals surface area contributed by atoms with Gasteiger partial charge in [0, 0.05) is 17.8 Å². The zero-order chi connectivity index (χ0) is 17.3. The smallest absolute Gasteiger partial charge is 0.338 e. The van der Waals surface area contributed by atoms with Crippen LogP contribution in [0, 0.1) is 0 Å². The highest BCUT2D eigenvalue weighted by Crippen LogP contribution is 2.35. The number of ether oxygens (including phenoxy) is 1. The molecule has 1 aliphatic heterocycles. The van der Waals surface area contributed by atoms with E-state index < -0.39 is 6.04 Å². The molecule has 1 aliphatic carbocycles. The van der Waals surface area contributed by atoms with Crippen LogP contribution in [0.3, 0.4) is 0 Å². The SMILES string of the molecule is CC1=C(C(=O)OC2CCCC2)[C@H](c2ccccc2Cl)NC(=O)N1C. The number of hydrogen-bond donors (Lipinski definition) is 1. The predicted molar refractivity (Wildman–Crippen MR) is 91.5 cm³/mol. The topological polar surface area (TPSA) is 58.6 Å². The Morgan fingerprint density at radius 3 is 2.62 bits per heavy atom. The Morgan fingerprint density at radius 1 is 1.29 bits per heavy atom. The number of allylic oxidation sites excluding steroid dienone is 1. The predicted octanol–water partition coefficient (Wildman–Crippen LogP) is 3.80. The highest BCUT2D eigenvalue weighted by atomic mass is 35.5. The molecule has 1 heterocycles. The molecule has 128 valence electrons. The van der Waals surface area contributed by atoms with Gasteiger partial charge in [0.15, 0.2) is 0 Å². The van der Waals surface area contributed by atoms with Crippen LogP contribution in [0.4, 0.5) is 4.79 Å². The van der Waals surface area contributed by atoms with Crippen molar-refractivity contribution in [3.05, 3.63) is 46.1 Å². The standard InChI is InChI=1S/C18H21ClN2O3/c1-11-15(17(22)24-12-7-3-4-8-12)16(20-18(23)21(11)2)13-9-5-6-10-14(13)19/h5-6,9-10,12,16H,3-4,7-8H2,1-2H3,(H,20,23)/t16-/m0/s1. The van der Waals surface area contributed by atoms with Crippen molar-refractivity contribution in [3.63, 3.8) is 0 Å². The van der Waals surface area contributed by atoms with Gasteiger partial charge >= 0.3 is 12.0 Å². The van der Waals surface area contributed by atoms with Gasteiger partial charge in [0.05, 0.1) is 11.6 Å². The van der Waals surface area contributed by atoms with Gasteiger partial charge in [-0.05, 0) is 44.2 Å². The van der Waals surface area contributed by atoms with E-state index in [-0.39, 0.29) is 18.1 Å². The van der Waals surface area contributed by atoms with Crippen molar-refractivity contribution < 1.29 is 14.3 Å². The minimum absolute atomic E-state index is 0.0346. The lowest BCUT2D eigenvalue weighted by atomic mass is 9.95. The van der Waals surface area contributed by atoms with Gasteiger partial charge in [-0.2, -0.15) is 0 Å². The second-order valence-electron chi connectivity index (χ2n) is 6.27. The van der Waals surface area contributed by atoms with E-state index >= 15 is 0 Å². The molecule has 24 heavy (non-hydrogen) atoms. The summed E-state index contributed by atoms with van der Waals surface area (Å²) in [4.78, 5) is 26.4. The van der Waals surface area contributed by atoms with E-state index in [1.54, 1.807) is 20.0 Å². The van der Waals surface area contributed by atoms with Gasteiger partial charge in [0.1, 0.15) is 6.10 Å². The molecule has 1 fully saturated rings. The van der Waals surface area contributed by atoms with E-state index in [4.69, 9.17) is 16.3 Å². The van der Waals surface area contributed by atoms with E-state index in [0.29, 0.717) is 21.9 Å². The number of esters is 1. The minimum atomic E-state index is -0.601. The summed E-state index contributed by atoms with van der Waals surface area (Å²) in [6.45, 7) is 1.76. The third-order valence-corrected chi connectivity index (χ3v) is 5.11. The number of carbonyl (C=O) groups excluding carboxylic acids is 2. The lowest BCUT2D eigenvalue weighted by molar-refractivity contribution is -0.144. The minimum Gasteiger partial charge on any atom is -0.459 e. The molecule has 1 saturated carbocycles. The molecule has 0 unspecified atom stereocenters. The van der Waals surface area contributed by atoms with Gasteiger partial charge in [-0.15, -0.1) is 0 Å². The lowest BCUT2D eigenvalue weighted by Gasteiger charge is -2.34. The summed E-state index contributed by atoms with van der Waals surface area (Å²) in [6, 6.07) is 6.34. The quantitative estimate of drug-likeness (QED) is 0.845. The molecule has 6 heteroatoms. The van der Waals surface area contributed by atoms with Crippen LogP contribution in [0.1, 0.15) is 44.2 Å². The third kappa shape index (κ3) is 3.13. The summed E-state index contributed by atoms with van der Waals surface area (Å²) in [6.07, 6.45) is 3.93. The maximum atomic E-state index is 12.8. The summed E-state index contributed by atoms with van der Waals surface area (Å²) in [5, 5.41) is 3.36. The molecule has 0 spiro atoms. The number of urea groups is 1. The van der Waals surface area contributed by atoms with Crippen molar-refractivity contribution in [2.75, 3.05) is 7.05 Å². The summed E-state index contributed by atoms with van der Waals surface area (Å²) in [5.41, 5.74) is 1.72. The largest absolute Gasteiger partial charge is 0.459 e. The van der Waals surface area contributed by atoms with Crippen LogP contribution >= 0.6 is 11.6 Å². The molecular weight excluding hydrogens is 328 g/mol. The molecule has 2 aliphatic rings. The van der Waals surface area contributed by atoms with Crippen molar-refractivity contribution >= 4 is 23.6 Å². The number of amides is 2. The Labute approximate surface area is 146 Å². The van der Waals surface area contributed by atoms with Crippen LogP contribution in [0.25, 0.3) is 0 Å². The van der Waals surface area contributed by atoms with Crippen molar-refractivity contribution in [3.8, 4) is 0 Å². The van der Waals surface area contributed by atoms with Gasteiger partial charge in [-0.1, -0.05) is 29.8 Å². The Bertz CT molecular complexity index is 695. The van der Waals surface area contributed by atoms with E-state index in [9.17, 15) is 9.59 Å². The van der Waals surface area contributed by atoms with Crippen molar-refractivity contribution in [2.24, 2.45) is 0 Å². The number of halogens is 1. The Kier molecular flexibility index (Phi) is 4.81. The van der Waals surface area contributed by atoms with Crippen LogP contribution in [0.5, 0.6) is 0 Å². The van der Waals surface area contributed by atoms with Gasteiger partial charge < -0.3 is 15.0 Å². The molecule has 0 radical (unpaired) electrons. The van der Waals surface area contributed by atoms with E-state index in [1.165, 1.54) is 4.90 Å². The van der Waals surface area contributed by atoms with Crippen LogP contribution in [0.15, 0.2) is 35.5 Å². The molecule has 5 nitrogen and oxygen atoms in total. The van der Waals surface area contributed by atoms with Gasteiger partial charge in [0.2, 0.25) is 0 Å². The molecule has 2 amide bonds. The van der Waals surface area contributed by atoms with Gasteiger partial charge in [-0.3, -0.25) is 0 Å². The van der Waals surface area contributed by atoms with Crippen LogP contribution in [-0.2, 0) is 9.53 Å². The van der Waals surface area contributed by atoms with E-state index in [1.807, 2.05) is 18.2 Å². The second kappa shape index (κ2) is 6.85. The number of benzene rings is 1. The molecule has 0 bridgehead atoms. The fraction of sp³-hybridized carbons (Fsp3) is 0.444. The van der Waals surface area contributed by atoms with Crippen molar-refractivity contribution in [1.82, 2.24) is 10.2 Å². The summed E-state index contributed by atoms with van der Waals surface area (Å²) in [7, 11) is 1.64. The molecule has 0 aromatic heterocycles. The monoisotopic (exact) mass is 348 g/mol. The molecule has 3 rings (SSSR count). The van der Waals surface area contributed by atoms with E-state index in [2.05, 4.69) is 5.32 Å². The zero-order valence-corrected chi connectivity index (χ0v) is 14.6. The van der Waals surface area contributed by atoms with Gasteiger partial charge in [-0.25, -0.2) is 9.59 Å². The molecule has 0 saturated heterocycles. The average Bonchev–Trinajstić information content (AvgIpc) is 3.05. The van der Waals surface area contributed by atoms with Crippen LogP contribution in [-0.4, -0.2) is 30.1 Å². The fourth-order valence-corrected chi connectivity index (χ4v) is 3.51. The van der Waals surface area contributed by atoms with Gasteiger partial charge in [0.25, 0.3) is 0 Å². The number of nitrogens with zero attached hydrogens (tertiary/aromatic N) is 1. The zero-order valence-electron chi connectivity index (χ0n) is 13.8. The second-order valence-corrected chi connectivity index (χ2v) is 6.68. The first kappa shape index (κ1) is 16.8. The van der Waals surface area contributed by atoms with E-state index in [0.717, 1.165) is 25.7 Å². The Hall–Kier alpha value is -2.01. The molecule has 1 atom stereocenters. The fourth-order valence-electron chi connectivity index (χ4n) is 3.26. The molecule has 1 N–H and O–H groups in total. The lowest BCUT2D eigenvalue weighted by Crippen LogP contribution is -2.46. The van der Waals surface area contributed by atoms with Crippen LogP contribution < -0.4 is 5.32 Å². The maximum absolute atomic E-state index is 12.8. The normalized spacial score (nSPS) is 21.9. The molecule has 1 aromatic carbocycles. The maximum Gasteiger partial charge on any atom is 0.338 e. The number of nitrogens with one attached hydrogen (secondary N) is 1. The molecule has 1 aromatic rings. The number of rotatable bonds is 3. The average molecular weight is 349 g/mol. The first-order chi connectivity index (χ1) is 11.5. The highest BCUT2D eigenvalue weighted by molar-refractivity contribution is 6.31. The molecular formula is C18H21ClN2O3. The number of carbonyl (C=O) groups is 2. The Balaban J connectivity index is 1.97. The third-order valence-electron chi connectivity index (χ3n) is 4.77. The highest BCUT2D eigenvalue weighted by Gasteiger charge is 2.36. The Morgan fingerprint density at radius 2 is 1.96 bits per heavy atom. The summed E-state index contributed by atoms with van der Waals surface area (Å²) in [5.74, 6) is -0.379. The van der Waals surface area contributed by atoms with Crippen molar-refractivity contribution in [2.45, 2.75) is 44.8 Å². The summed E-state index contributed by atoms with van der Waals surface area (Å²) >= 11 is 6.29.